The Bertz CT molecular complexity index is 417. The number of hydrogen-bond acceptors (Lipinski definition) is 3. The Morgan fingerprint density at radius 3 is 2.63 bits per heavy atom. The van der Waals surface area contributed by atoms with Crippen LogP contribution >= 0.6 is 0 Å². The number of nitrogens with one attached hydrogen (secondary N) is 1. The van der Waals surface area contributed by atoms with Crippen LogP contribution in [0.1, 0.15) is 25.5 Å². The Hall–Kier alpha value is -1.30. The zero-order chi connectivity index (χ0) is 13.9. The van der Waals surface area contributed by atoms with E-state index in [1.165, 1.54) is 6.07 Å². The highest BCUT2D eigenvalue weighted by Gasteiger charge is 2.32. The molecule has 2 rings (SSSR count). The van der Waals surface area contributed by atoms with Crippen LogP contribution in [0.4, 0.5) is 19.0 Å². The van der Waals surface area contributed by atoms with E-state index in [4.69, 9.17) is 4.74 Å². The topological polar surface area (TPSA) is 34.2 Å². The second kappa shape index (κ2) is 5.77. The summed E-state index contributed by atoms with van der Waals surface area (Å²) in [5.41, 5.74) is -0.864. The number of hydrogen-bond donors (Lipinski definition) is 1. The van der Waals surface area contributed by atoms with Crippen LogP contribution in [-0.2, 0) is 10.9 Å². The molecule has 0 bridgehead atoms. The van der Waals surface area contributed by atoms with Gasteiger partial charge in [-0.1, -0.05) is 6.07 Å². The van der Waals surface area contributed by atoms with E-state index in [0.717, 1.165) is 18.9 Å². The van der Waals surface area contributed by atoms with Crippen LogP contribution in [0.2, 0.25) is 0 Å². The molecule has 1 unspecified atom stereocenters. The number of nitrogens with zero attached hydrogens (tertiary/aromatic N) is 1. The molecule has 3 nitrogen and oxygen atoms in total. The van der Waals surface area contributed by atoms with E-state index in [9.17, 15) is 13.2 Å². The number of aromatic nitrogens is 1. The summed E-state index contributed by atoms with van der Waals surface area (Å²) in [4.78, 5) is 3.61. The molecule has 0 radical (unpaired) electrons. The second-order valence-corrected chi connectivity index (χ2v) is 4.79. The molecule has 0 saturated carbocycles. The molecule has 0 spiro atoms. The number of pyridine rings is 1. The van der Waals surface area contributed by atoms with Gasteiger partial charge in [0.15, 0.2) is 0 Å². The fraction of sp³-hybridized carbons (Fsp3) is 0.615. The summed E-state index contributed by atoms with van der Waals surface area (Å²) < 4.78 is 42.9. The van der Waals surface area contributed by atoms with Crippen molar-refractivity contribution in [2.24, 2.45) is 5.92 Å². The summed E-state index contributed by atoms with van der Waals surface area (Å²) in [6.07, 6.45) is -2.56. The SMILES string of the molecule is CC(Nc1cccc(C(F)(F)F)n1)C1CCOCC1. The molecule has 1 N–H and O–H groups in total. The highest BCUT2D eigenvalue weighted by atomic mass is 19.4. The Morgan fingerprint density at radius 1 is 1.32 bits per heavy atom. The molecule has 106 valence electrons. The van der Waals surface area contributed by atoms with Crippen molar-refractivity contribution in [2.45, 2.75) is 32.0 Å². The lowest BCUT2D eigenvalue weighted by molar-refractivity contribution is -0.141. The molecule has 1 atom stereocenters. The summed E-state index contributed by atoms with van der Waals surface area (Å²) in [6, 6.07) is 3.99. The van der Waals surface area contributed by atoms with E-state index in [-0.39, 0.29) is 11.9 Å². The molecule has 19 heavy (non-hydrogen) atoms. The molecule has 0 aromatic carbocycles. The molecular weight excluding hydrogens is 257 g/mol. The second-order valence-electron chi connectivity index (χ2n) is 4.79. The van der Waals surface area contributed by atoms with Crippen LogP contribution in [0.5, 0.6) is 0 Å². The van der Waals surface area contributed by atoms with Crippen molar-refractivity contribution in [3.8, 4) is 0 Å². The Balaban J connectivity index is 2.02. The highest BCUT2D eigenvalue weighted by Crippen LogP contribution is 2.28. The lowest BCUT2D eigenvalue weighted by atomic mass is 9.93. The van der Waals surface area contributed by atoms with E-state index in [2.05, 4.69) is 10.3 Å². The van der Waals surface area contributed by atoms with Crippen molar-refractivity contribution in [2.75, 3.05) is 18.5 Å². The lowest BCUT2D eigenvalue weighted by Gasteiger charge is -2.28. The minimum Gasteiger partial charge on any atom is -0.381 e. The Morgan fingerprint density at radius 2 is 2.00 bits per heavy atom. The molecular formula is C13H17F3N2O. The van der Waals surface area contributed by atoms with Gasteiger partial charge < -0.3 is 10.1 Å². The summed E-state index contributed by atoms with van der Waals surface area (Å²) in [5.74, 6) is 0.680. The van der Waals surface area contributed by atoms with Gasteiger partial charge in [0.25, 0.3) is 0 Å². The molecule has 1 fully saturated rings. The summed E-state index contributed by atoms with van der Waals surface area (Å²) in [7, 11) is 0. The van der Waals surface area contributed by atoms with E-state index < -0.39 is 11.9 Å². The summed E-state index contributed by atoms with van der Waals surface area (Å²) >= 11 is 0. The molecule has 6 heteroatoms. The molecule has 2 heterocycles. The molecule has 1 aliphatic heterocycles. The van der Waals surface area contributed by atoms with Crippen LogP contribution in [0.3, 0.4) is 0 Å². The average Bonchev–Trinajstić information content (AvgIpc) is 2.39. The maximum absolute atomic E-state index is 12.6. The van der Waals surface area contributed by atoms with E-state index in [1.807, 2.05) is 6.92 Å². The lowest BCUT2D eigenvalue weighted by Crippen LogP contribution is -2.31. The van der Waals surface area contributed by atoms with Gasteiger partial charge in [0.2, 0.25) is 0 Å². The maximum Gasteiger partial charge on any atom is 0.433 e. The summed E-state index contributed by atoms with van der Waals surface area (Å²) in [6.45, 7) is 3.40. The van der Waals surface area contributed by atoms with E-state index in [0.29, 0.717) is 19.1 Å². The number of alkyl halides is 3. The number of anilines is 1. The smallest absolute Gasteiger partial charge is 0.381 e. The number of halogens is 3. The quantitative estimate of drug-likeness (QED) is 0.918. The highest BCUT2D eigenvalue weighted by molar-refractivity contribution is 5.37. The fourth-order valence-electron chi connectivity index (χ4n) is 2.24. The van der Waals surface area contributed by atoms with Crippen molar-refractivity contribution < 1.29 is 17.9 Å². The van der Waals surface area contributed by atoms with Gasteiger partial charge in [0, 0.05) is 19.3 Å². The van der Waals surface area contributed by atoms with Crippen LogP contribution in [0, 0.1) is 5.92 Å². The molecule has 1 aromatic heterocycles. The third kappa shape index (κ3) is 3.83. The first-order chi connectivity index (χ1) is 8.97. The number of ether oxygens (including phenoxy) is 1. The zero-order valence-corrected chi connectivity index (χ0v) is 10.7. The van der Waals surface area contributed by atoms with Crippen molar-refractivity contribution >= 4 is 5.82 Å². The summed E-state index contributed by atoms with van der Waals surface area (Å²) in [5, 5.41) is 3.06. The minimum atomic E-state index is -4.40. The van der Waals surface area contributed by atoms with Crippen molar-refractivity contribution in [3.05, 3.63) is 23.9 Å². The predicted octanol–water partition coefficient (Wildman–Crippen LogP) is 3.33. The van der Waals surface area contributed by atoms with Gasteiger partial charge >= 0.3 is 6.18 Å². The minimum absolute atomic E-state index is 0.0832. The molecule has 1 aliphatic rings. The van der Waals surface area contributed by atoms with Gasteiger partial charge in [-0.3, -0.25) is 0 Å². The van der Waals surface area contributed by atoms with Crippen LogP contribution < -0.4 is 5.32 Å². The third-order valence-electron chi connectivity index (χ3n) is 3.39. The van der Waals surface area contributed by atoms with Crippen LogP contribution in [0.25, 0.3) is 0 Å². The maximum atomic E-state index is 12.6. The van der Waals surface area contributed by atoms with Crippen LogP contribution in [0.15, 0.2) is 18.2 Å². The zero-order valence-electron chi connectivity index (χ0n) is 10.7. The molecule has 0 aliphatic carbocycles. The monoisotopic (exact) mass is 274 g/mol. The molecule has 1 aromatic rings. The van der Waals surface area contributed by atoms with E-state index in [1.54, 1.807) is 6.07 Å². The first kappa shape index (κ1) is 14.1. The predicted molar refractivity (Wildman–Crippen MR) is 65.9 cm³/mol. The van der Waals surface area contributed by atoms with Crippen molar-refractivity contribution in [1.29, 1.82) is 0 Å². The third-order valence-corrected chi connectivity index (χ3v) is 3.39. The molecule has 1 saturated heterocycles. The van der Waals surface area contributed by atoms with Crippen molar-refractivity contribution in [3.63, 3.8) is 0 Å². The van der Waals surface area contributed by atoms with Gasteiger partial charge in [-0.15, -0.1) is 0 Å². The van der Waals surface area contributed by atoms with Crippen molar-refractivity contribution in [1.82, 2.24) is 4.98 Å². The Labute approximate surface area is 110 Å². The van der Waals surface area contributed by atoms with Crippen LogP contribution in [-0.4, -0.2) is 24.2 Å². The first-order valence-electron chi connectivity index (χ1n) is 6.35. The van der Waals surface area contributed by atoms with Gasteiger partial charge in [-0.2, -0.15) is 13.2 Å². The van der Waals surface area contributed by atoms with Gasteiger partial charge in [-0.05, 0) is 37.8 Å². The Kier molecular flexibility index (Phi) is 4.29. The van der Waals surface area contributed by atoms with Gasteiger partial charge in [0.1, 0.15) is 11.5 Å². The standard InChI is InChI=1S/C13H17F3N2O/c1-9(10-5-7-19-8-6-10)17-12-4-2-3-11(18-12)13(14,15)16/h2-4,9-10H,5-8H2,1H3,(H,17,18). The normalized spacial score (nSPS) is 19.2. The van der Waals surface area contributed by atoms with Gasteiger partial charge in [-0.25, -0.2) is 4.98 Å². The fourth-order valence-corrected chi connectivity index (χ4v) is 2.24. The van der Waals surface area contributed by atoms with E-state index >= 15 is 0 Å². The average molecular weight is 274 g/mol. The van der Waals surface area contributed by atoms with Gasteiger partial charge in [0.05, 0.1) is 0 Å². The largest absolute Gasteiger partial charge is 0.433 e. The number of rotatable bonds is 3. The first-order valence-corrected chi connectivity index (χ1v) is 6.35. The molecule has 0 amide bonds.